The molecular weight excluding hydrogens is 206 g/mol. The summed E-state index contributed by atoms with van der Waals surface area (Å²) in [6, 6.07) is 6.73. The van der Waals surface area contributed by atoms with Crippen molar-refractivity contribution in [3.63, 3.8) is 0 Å². The first-order valence-electron chi connectivity index (χ1n) is 4.93. The minimum absolute atomic E-state index is 0.234. The summed E-state index contributed by atoms with van der Waals surface area (Å²) in [6.45, 7) is 1.37. The van der Waals surface area contributed by atoms with E-state index in [1.54, 1.807) is 13.4 Å². The van der Waals surface area contributed by atoms with Crippen molar-refractivity contribution in [2.45, 2.75) is 19.4 Å². The van der Waals surface area contributed by atoms with Crippen LogP contribution in [0.5, 0.6) is 5.75 Å². The largest absolute Gasteiger partial charge is 0.497 e. The lowest BCUT2D eigenvalue weighted by atomic mass is 10.1. The summed E-state index contributed by atoms with van der Waals surface area (Å²) in [5, 5.41) is 2.51. The third-order valence-corrected chi connectivity index (χ3v) is 2.12. The molecule has 1 N–H and O–H groups in total. The van der Waals surface area contributed by atoms with Gasteiger partial charge in [0.15, 0.2) is 0 Å². The highest BCUT2D eigenvalue weighted by molar-refractivity contribution is 5.77. The lowest BCUT2D eigenvalue weighted by molar-refractivity contribution is -0.119. The van der Waals surface area contributed by atoms with Crippen molar-refractivity contribution in [3.8, 4) is 5.75 Å². The summed E-state index contributed by atoms with van der Waals surface area (Å²) in [7, 11) is 1.59. The molecule has 1 aromatic rings. The van der Waals surface area contributed by atoms with Crippen LogP contribution in [-0.2, 0) is 16.0 Å². The van der Waals surface area contributed by atoms with E-state index in [1.165, 1.54) is 6.92 Å². The third kappa shape index (κ3) is 3.73. The number of methoxy groups -OCH3 is 1. The lowest BCUT2D eigenvalue weighted by Crippen LogP contribution is -2.35. The van der Waals surface area contributed by atoms with Gasteiger partial charge in [-0.1, -0.05) is 12.1 Å². The SMILES string of the molecule is COc1ccc(C[C@@H]([C]=O)NC(C)=O)cc1. The molecule has 1 amide bonds. The van der Waals surface area contributed by atoms with Crippen LogP contribution < -0.4 is 10.1 Å². The van der Waals surface area contributed by atoms with E-state index in [0.717, 1.165) is 11.3 Å². The van der Waals surface area contributed by atoms with Gasteiger partial charge in [-0.25, -0.2) is 0 Å². The predicted octanol–water partition coefficient (Wildman–Crippen LogP) is 0.852. The second-order valence-electron chi connectivity index (χ2n) is 3.42. The van der Waals surface area contributed by atoms with Crippen LogP contribution in [0.3, 0.4) is 0 Å². The molecule has 0 fully saturated rings. The fourth-order valence-corrected chi connectivity index (χ4v) is 1.36. The summed E-state index contributed by atoms with van der Waals surface area (Å²) >= 11 is 0. The quantitative estimate of drug-likeness (QED) is 0.800. The van der Waals surface area contributed by atoms with Crippen molar-refractivity contribution in [2.75, 3.05) is 7.11 Å². The van der Waals surface area contributed by atoms with Gasteiger partial charge in [0.05, 0.1) is 13.2 Å². The summed E-state index contributed by atoms with van der Waals surface area (Å²) in [5.74, 6) is 0.525. The normalized spacial score (nSPS) is 11.6. The summed E-state index contributed by atoms with van der Waals surface area (Å²) < 4.78 is 5.02. The van der Waals surface area contributed by atoms with Gasteiger partial charge in [-0.05, 0) is 17.7 Å². The number of hydrogen-bond acceptors (Lipinski definition) is 3. The number of benzene rings is 1. The van der Waals surface area contributed by atoms with Crippen molar-refractivity contribution in [1.82, 2.24) is 5.32 Å². The average molecular weight is 220 g/mol. The van der Waals surface area contributed by atoms with Crippen molar-refractivity contribution in [2.24, 2.45) is 0 Å². The number of rotatable bonds is 5. The van der Waals surface area contributed by atoms with Crippen molar-refractivity contribution in [3.05, 3.63) is 29.8 Å². The summed E-state index contributed by atoms with van der Waals surface area (Å²) in [4.78, 5) is 21.4. The highest BCUT2D eigenvalue weighted by Crippen LogP contribution is 2.12. The molecule has 4 nitrogen and oxygen atoms in total. The van der Waals surface area contributed by atoms with Gasteiger partial charge in [-0.15, -0.1) is 0 Å². The molecule has 1 aromatic carbocycles. The Morgan fingerprint density at radius 2 is 2.06 bits per heavy atom. The number of ether oxygens (including phenoxy) is 1. The van der Waals surface area contributed by atoms with Gasteiger partial charge in [0, 0.05) is 13.3 Å². The van der Waals surface area contributed by atoms with Crippen LogP contribution in [0.15, 0.2) is 24.3 Å². The first-order chi connectivity index (χ1) is 7.65. The van der Waals surface area contributed by atoms with Gasteiger partial charge >= 0.3 is 0 Å². The zero-order valence-corrected chi connectivity index (χ0v) is 9.32. The Balaban J connectivity index is 2.63. The van der Waals surface area contributed by atoms with Crippen molar-refractivity contribution < 1.29 is 14.3 Å². The van der Waals surface area contributed by atoms with E-state index in [-0.39, 0.29) is 5.91 Å². The van der Waals surface area contributed by atoms with E-state index in [4.69, 9.17) is 4.74 Å². The van der Waals surface area contributed by atoms with E-state index in [1.807, 2.05) is 24.3 Å². The summed E-state index contributed by atoms with van der Waals surface area (Å²) in [5.41, 5.74) is 0.947. The molecule has 4 heteroatoms. The average Bonchev–Trinajstić information content (AvgIpc) is 2.28. The smallest absolute Gasteiger partial charge is 0.223 e. The Labute approximate surface area is 94.6 Å². The van der Waals surface area contributed by atoms with Crippen LogP contribution in [0.2, 0.25) is 0 Å². The van der Waals surface area contributed by atoms with Gasteiger partial charge in [0.25, 0.3) is 0 Å². The standard InChI is InChI=1S/C12H14NO3/c1-9(15)13-11(8-14)7-10-3-5-12(16-2)6-4-10/h3-6,11H,7H2,1-2H3,(H,13,15)/t11-/m0/s1. The molecule has 0 aliphatic carbocycles. The minimum Gasteiger partial charge on any atom is -0.497 e. The molecule has 0 aliphatic heterocycles. The van der Waals surface area contributed by atoms with Crippen molar-refractivity contribution >= 4 is 12.2 Å². The van der Waals surface area contributed by atoms with Gasteiger partial charge in [0.2, 0.25) is 12.2 Å². The van der Waals surface area contributed by atoms with Gasteiger partial charge in [0.1, 0.15) is 5.75 Å². The molecule has 0 unspecified atom stereocenters. The zero-order valence-electron chi connectivity index (χ0n) is 9.32. The van der Waals surface area contributed by atoms with E-state index >= 15 is 0 Å². The molecule has 0 bridgehead atoms. The minimum atomic E-state index is -0.592. The Kier molecular flexibility index (Phi) is 4.51. The van der Waals surface area contributed by atoms with E-state index in [0.29, 0.717) is 6.42 Å². The molecule has 85 valence electrons. The van der Waals surface area contributed by atoms with Crippen LogP contribution in [0.25, 0.3) is 0 Å². The van der Waals surface area contributed by atoms with Crippen LogP contribution in [-0.4, -0.2) is 25.3 Å². The number of hydrogen-bond donors (Lipinski definition) is 1. The van der Waals surface area contributed by atoms with Crippen LogP contribution in [0, 0.1) is 0 Å². The topological polar surface area (TPSA) is 55.4 Å². The van der Waals surface area contributed by atoms with Gasteiger partial charge in [-0.3, -0.25) is 9.59 Å². The summed E-state index contributed by atoms with van der Waals surface area (Å²) in [6.07, 6.45) is 2.23. The first kappa shape index (κ1) is 12.2. The fraction of sp³-hybridized carbons (Fsp3) is 0.333. The van der Waals surface area contributed by atoms with Gasteiger partial charge < -0.3 is 10.1 Å². The second-order valence-corrected chi connectivity index (χ2v) is 3.42. The second kappa shape index (κ2) is 5.90. The van der Waals surface area contributed by atoms with E-state index in [9.17, 15) is 9.59 Å². The van der Waals surface area contributed by atoms with Crippen LogP contribution in [0.1, 0.15) is 12.5 Å². The Morgan fingerprint density at radius 1 is 1.44 bits per heavy atom. The molecule has 0 saturated carbocycles. The monoisotopic (exact) mass is 220 g/mol. The van der Waals surface area contributed by atoms with E-state index in [2.05, 4.69) is 5.32 Å². The van der Waals surface area contributed by atoms with E-state index < -0.39 is 6.04 Å². The first-order valence-corrected chi connectivity index (χ1v) is 4.93. The molecular formula is C12H14NO3. The molecule has 1 atom stereocenters. The maximum Gasteiger partial charge on any atom is 0.223 e. The molecule has 1 radical (unpaired) electrons. The van der Waals surface area contributed by atoms with Gasteiger partial charge in [-0.2, -0.15) is 0 Å². The Hall–Kier alpha value is -1.84. The predicted molar refractivity (Wildman–Crippen MR) is 60.0 cm³/mol. The maximum absolute atomic E-state index is 10.8. The lowest BCUT2D eigenvalue weighted by Gasteiger charge is -2.10. The zero-order chi connectivity index (χ0) is 12.0. The number of amides is 1. The molecule has 0 spiro atoms. The Bertz CT molecular complexity index is 359. The fourth-order valence-electron chi connectivity index (χ4n) is 1.36. The van der Waals surface area contributed by atoms with Crippen molar-refractivity contribution in [1.29, 1.82) is 0 Å². The molecule has 0 heterocycles. The highest BCUT2D eigenvalue weighted by atomic mass is 16.5. The molecule has 0 aliphatic rings. The third-order valence-electron chi connectivity index (χ3n) is 2.12. The maximum atomic E-state index is 10.8. The molecule has 0 saturated heterocycles. The molecule has 0 aromatic heterocycles. The molecule has 16 heavy (non-hydrogen) atoms. The molecule has 1 rings (SSSR count). The number of nitrogens with one attached hydrogen (secondary N) is 1. The Morgan fingerprint density at radius 3 is 2.50 bits per heavy atom. The number of carbonyl (C=O) groups excluding carboxylic acids is 2. The van der Waals surface area contributed by atoms with Crippen LogP contribution >= 0.6 is 0 Å². The number of carbonyl (C=O) groups is 1. The van der Waals surface area contributed by atoms with Crippen LogP contribution in [0.4, 0.5) is 0 Å². The highest BCUT2D eigenvalue weighted by Gasteiger charge is 2.10.